The van der Waals surface area contributed by atoms with Crippen LogP contribution in [0.3, 0.4) is 0 Å². The van der Waals surface area contributed by atoms with Gasteiger partial charge in [0.05, 0.1) is 12.1 Å². The summed E-state index contributed by atoms with van der Waals surface area (Å²) < 4.78 is 1.84. The Morgan fingerprint density at radius 1 is 1.16 bits per heavy atom. The largest absolute Gasteiger partial charge is 0.384 e. The molecule has 0 atom stereocenters. The number of rotatable bonds is 3. The van der Waals surface area contributed by atoms with Crippen LogP contribution in [-0.4, -0.2) is 20.8 Å². The van der Waals surface area contributed by atoms with Gasteiger partial charge in [0.15, 0.2) is 0 Å². The van der Waals surface area contributed by atoms with Crippen LogP contribution in [0.1, 0.15) is 11.1 Å². The molecule has 2 aromatic carbocycles. The van der Waals surface area contributed by atoms with Gasteiger partial charge in [-0.25, -0.2) is 4.68 Å². The van der Waals surface area contributed by atoms with Gasteiger partial charge in [-0.1, -0.05) is 35.5 Å². The van der Waals surface area contributed by atoms with Gasteiger partial charge in [0.1, 0.15) is 11.4 Å². The summed E-state index contributed by atoms with van der Waals surface area (Å²) in [6.07, 6.45) is 0. The number of amidine groups is 1. The second kappa shape index (κ2) is 4.53. The van der Waals surface area contributed by atoms with Gasteiger partial charge in [0, 0.05) is 5.56 Å². The summed E-state index contributed by atoms with van der Waals surface area (Å²) in [4.78, 5) is 0. The van der Waals surface area contributed by atoms with Gasteiger partial charge in [0.2, 0.25) is 0 Å². The van der Waals surface area contributed by atoms with Gasteiger partial charge < -0.3 is 5.73 Å². The minimum absolute atomic E-state index is 0.0744. The van der Waals surface area contributed by atoms with Crippen LogP contribution in [0.15, 0.2) is 48.5 Å². The third kappa shape index (κ3) is 2.18. The molecule has 0 unspecified atom stereocenters. The Balaban J connectivity index is 1.97. The maximum absolute atomic E-state index is 7.46. The molecule has 3 rings (SSSR count). The molecule has 0 saturated heterocycles. The van der Waals surface area contributed by atoms with Gasteiger partial charge in [-0.3, -0.25) is 5.41 Å². The van der Waals surface area contributed by atoms with E-state index in [4.69, 9.17) is 11.1 Å². The molecule has 0 fully saturated rings. The summed E-state index contributed by atoms with van der Waals surface area (Å²) in [5, 5.41) is 15.7. The van der Waals surface area contributed by atoms with Crippen molar-refractivity contribution in [3.8, 4) is 0 Å². The summed E-state index contributed by atoms with van der Waals surface area (Å²) in [6, 6.07) is 15.4. The quantitative estimate of drug-likeness (QED) is 0.550. The SMILES string of the molecule is N=C(N)c1cccc(Cn2nnc3ccccc32)c1. The summed E-state index contributed by atoms with van der Waals surface area (Å²) in [6.45, 7) is 0.613. The Kier molecular flexibility index (Phi) is 2.72. The maximum atomic E-state index is 7.46. The number of para-hydroxylation sites is 1. The van der Waals surface area contributed by atoms with Crippen LogP contribution in [0.4, 0.5) is 0 Å². The summed E-state index contributed by atoms with van der Waals surface area (Å²) in [5.74, 6) is 0.0744. The van der Waals surface area contributed by atoms with Gasteiger partial charge in [0.25, 0.3) is 0 Å². The molecule has 0 aliphatic carbocycles. The van der Waals surface area contributed by atoms with Crippen molar-refractivity contribution in [2.45, 2.75) is 6.54 Å². The Morgan fingerprint density at radius 3 is 2.84 bits per heavy atom. The fourth-order valence-corrected chi connectivity index (χ4v) is 2.04. The monoisotopic (exact) mass is 251 g/mol. The predicted molar refractivity (Wildman–Crippen MR) is 74.1 cm³/mol. The average Bonchev–Trinajstić information content (AvgIpc) is 2.83. The van der Waals surface area contributed by atoms with E-state index in [2.05, 4.69) is 10.3 Å². The average molecular weight is 251 g/mol. The molecule has 0 bridgehead atoms. The van der Waals surface area contributed by atoms with Crippen molar-refractivity contribution in [2.75, 3.05) is 0 Å². The van der Waals surface area contributed by atoms with Crippen molar-refractivity contribution >= 4 is 16.9 Å². The highest BCUT2D eigenvalue weighted by molar-refractivity contribution is 5.95. The zero-order valence-corrected chi connectivity index (χ0v) is 10.2. The molecule has 1 aromatic heterocycles. The molecule has 0 aliphatic heterocycles. The van der Waals surface area contributed by atoms with Crippen LogP contribution in [0.2, 0.25) is 0 Å². The Hall–Kier alpha value is -2.69. The van der Waals surface area contributed by atoms with E-state index in [-0.39, 0.29) is 5.84 Å². The third-order valence-corrected chi connectivity index (χ3v) is 2.99. The lowest BCUT2D eigenvalue weighted by atomic mass is 10.1. The number of fused-ring (bicyclic) bond motifs is 1. The molecule has 0 saturated carbocycles. The van der Waals surface area contributed by atoms with Crippen LogP contribution in [0, 0.1) is 5.41 Å². The zero-order valence-electron chi connectivity index (χ0n) is 10.2. The van der Waals surface area contributed by atoms with Gasteiger partial charge in [-0.2, -0.15) is 0 Å². The van der Waals surface area contributed by atoms with Crippen molar-refractivity contribution in [2.24, 2.45) is 5.73 Å². The molecule has 5 heteroatoms. The second-order valence-electron chi connectivity index (χ2n) is 4.35. The molecular formula is C14H13N5. The van der Waals surface area contributed by atoms with E-state index < -0.39 is 0 Å². The summed E-state index contributed by atoms with van der Waals surface area (Å²) in [5.41, 5.74) is 9.14. The highest BCUT2D eigenvalue weighted by Gasteiger charge is 2.05. The Bertz CT molecular complexity index is 744. The van der Waals surface area contributed by atoms with E-state index >= 15 is 0 Å². The zero-order chi connectivity index (χ0) is 13.2. The lowest BCUT2D eigenvalue weighted by molar-refractivity contribution is 0.670. The second-order valence-corrected chi connectivity index (χ2v) is 4.35. The van der Waals surface area contributed by atoms with Crippen LogP contribution in [0.25, 0.3) is 11.0 Å². The van der Waals surface area contributed by atoms with Crippen molar-refractivity contribution < 1.29 is 0 Å². The molecule has 0 spiro atoms. The molecule has 3 N–H and O–H groups in total. The van der Waals surface area contributed by atoms with E-state index in [1.807, 2.05) is 53.2 Å². The molecule has 0 aliphatic rings. The van der Waals surface area contributed by atoms with Crippen molar-refractivity contribution in [3.63, 3.8) is 0 Å². The Labute approximate surface area is 110 Å². The van der Waals surface area contributed by atoms with Crippen molar-refractivity contribution in [3.05, 3.63) is 59.7 Å². The number of aromatic nitrogens is 3. The van der Waals surface area contributed by atoms with Crippen molar-refractivity contribution in [1.82, 2.24) is 15.0 Å². The molecule has 5 nitrogen and oxygen atoms in total. The number of nitrogens with two attached hydrogens (primary N) is 1. The minimum atomic E-state index is 0.0744. The fraction of sp³-hybridized carbons (Fsp3) is 0.0714. The number of nitrogens with one attached hydrogen (secondary N) is 1. The molecular weight excluding hydrogens is 238 g/mol. The van der Waals surface area contributed by atoms with E-state index in [0.29, 0.717) is 6.54 Å². The van der Waals surface area contributed by atoms with Gasteiger partial charge >= 0.3 is 0 Å². The maximum Gasteiger partial charge on any atom is 0.122 e. The number of hydrogen-bond donors (Lipinski definition) is 2. The number of benzene rings is 2. The highest BCUT2D eigenvalue weighted by atomic mass is 15.4. The first-order valence-corrected chi connectivity index (χ1v) is 5.95. The lowest BCUT2D eigenvalue weighted by Gasteiger charge is -2.05. The topological polar surface area (TPSA) is 80.6 Å². The van der Waals surface area contributed by atoms with E-state index in [0.717, 1.165) is 22.2 Å². The molecule has 19 heavy (non-hydrogen) atoms. The smallest absolute Gasteiger partial charge is 0.122 e. The van der Waals surface area contributed by atoms with E-state index in [1.54, 1.807) is 0 Å². The first kappa shape index (κ1) is 11.4. The van der Waals surface area contributed by atoms with Crippen LogP contribution < -0.4 is 5.73 Å². The predicted octanol–water partition coefficient (Wildman–Crippen LogP) is 1.76. The van der Waals surface area contributed by atoms with E-state index in [1.165, 1.54) is 0 Å². The molecule has 94 valence electrons. The number of hydrogen-bond acceptors (Lipinski definition) is 3. The number of nitrogen functional groups attached to an aromatic ring is 1. The molecule has 1 heterocycles. The van der Waals surface area contributed by atoms with Gasteiger partial charge in [-0.15, -0.1) is 5.10 Å². The standard InChI is InChI=1S/C14H13N5/c15-14(16)11-5-3-4-10(8-11)9-19-13-7-2-1-6-12(13)17-18-19/h1-8H,9H2,(H3,15,16). The number of nitrogens with zero attached hydrogens (tertiary/aromatic N) is 3. The molecule has 0 radical (unpaired) electrons. The first-order chi connectivity index (χ1) is 9.24. The molecule has 3 aromatic rings. The van der Waals surface area contributed by atoms with Crippen LogP contribution in [0.5, 0.6) is 0 Å². The third-order valence-electron chi connectivity index (χ3n) is 2.99. The van der Waals surface area contributed by atoms with Gasteiger partial charge in [-0.05, 0) is 23.8 Å². The summed E-state index contributed by atoms with van der Waals surface area (Å²) >= 11 is 0. The van der Waals surface area contributed by atoms with Crippen LogP contribution >= 0.6 is 0 Å². The lowest BCUT2D eigenvalue weighted by Crippen LogP contribution is -2.11. The van der Waals surface area contributed by atoms with Crippen LogP contribution in [-0.2, 0) is 6.54 Å². The molecule has 0 amide bonds. The van der Waals surface area contributed by atoms with E-state index in [9.17, 15) is 0 Å². The first-order valence-electron chi connectivity index (χ1n) is 5.95. The fourth-order valence-electron chi connectivity index (χ4n) is 2.04. The minimum Gasteiger partial charge on any atom is -0.384 e. The normalized spacial score (nSPS) is 10.7. The Morgan fingerprint density at radius 2 is 2.00 bits per heavy atom. The van der Waals surface area contributed by atoms with Crippen molar-refractivity contribution in [1.29, 1.82) is 5.41 Å². The highest BCUT2D eigenvalue weighted by Crippen LogP contribution is 2.13. The summed E-state index contributed by atoms with van der Waals surface area (Å²) in [7, 11) is 0.